The number of rotatable bonds is 6. The number of carbonyl (C=O) groups excluding carboxylic acids is 2. The van der Waals surface area contributed by atoms with Gasteiger partial charge in [0.25, 0.3) is 11.8 Å². The fourth-order valence-corrected chi connectivity index (χ4v) is 2.39. The lowest BCUT2D eigenvalue weighted by atomic mass is 10.1. The Kier molecular flexibility index (Phi) is 5.70. The van der Waals surface area contributed by atoms with Gasteiger partial charge in [-0.1, -0.05) is 26.0 Å². The lowest BCUT2D eigenvalue weighted by Crippen LogP contribution is -2.30. The number of nitrogens with one attached hydrogen (secondary N) is 2. The number of amides is 2. The van der Waals surface area contributed by atoms with Crippen LogP contribution in [-0.2, 0) is 7.05 Å². The quantitative estimate of drug-likeness (QED) is 0.747. The Hall–Kier alpha value is -2.67. The average molecular weight is 329 g/mol. The highest BCUT2D eigenvalue weighted by Crippen LogP contribution is 2.18. The van der Waals surface area contributed by atoms with Crippen LogP contribution in [0.2, 0.25) is 0 Å². The standard InChI is InChI=1S/C17H23N5O2/c1-11(2)15-10-14(21-22(15)3)17(24)20-13-7-5-4-6-12(13)16(23)19-9-8-18/h4-7,10-11H,8-9,18H2,1-3H3,(H,19,23)(H,20,24). The summed E-state index contributed by atoms with van der Waals surface area (Å²) in [5.41, 5.74) is 7.51. The van der Waals surface area contributed by atoms with E-state index in [-0.39, 0.29) is 17.7 Å². The number of hydrogen-bond donors (Lipinski definition) is 3. The van der Waals surface area contributed by atoms with Crippen molar-refractivity contribution in [2.75, 3.05) is 18.4 Å². The Balaban J connectivity index is 2.20. The van der Waals surface area contributed by atoms with Crippen LogP contribution in [-0.4, -0.2) is 34.7 Å². The van der Waals surface area contributed by atoms with Crippen molar-refractivity contribution in [1.82, 2.24) is 15.1 Å². The van der Waals surface area contributed by atoms with E-state index < -0.39 is 0 Å². The van der Waals surface area contributed by atoms with E-state index in [4.69, 9.17) is 5.73 Å². The SMILES string of the molecule is CC(C)c1cc(C(=O)Nc2ccccc2C(=O)NCCN)nn1C. The first kappa shape index (κ1) is 17.7. The molecular formula is C17H23N5O2. The van der Waals surface area contributed by atoms with Crippen molar-refractivity contribution in [2.45, 2.75) is 19.8 Å². The van der Waals surface area contributed by atoms with Gasteiger partial charge < -0.3 is 16.4 Å². The zero-order valence-corrected chi connectivity index (χ0v) is 14.2. The average Bonchev–Trinajstić information content (AvgIpc) is 2.95. The van der Waals surface area contributed by atoms with Crippen LogP contribution in [0.4, 0.5) is 5.69 Å². The zero-order chi connectivity index (χ0) is 17.7. The van der Waals surface area contributed by atoms with E-state index in [1.807, 2.05) is 13.8 Å². The highest BCUT2D eigenvalue weighted by atomic mass is 16.2. The first-order valence-electron chi connectivity index (χ1n) is 7.86. The van der Waals surface area contributed by atoms with E-state index in [1.54, 1.807) is 42.1 Å². The lowest BCUT2D eigenvalue weighted by Gasteiger charge is -2.10. The summed E-state index contributed by atoms with van der Waals surface area (Å²) in [4.78, 5) is 24.6. The fraction of sp³-hybridized carbons (Fsp3) is 0.353. The second-order valence-corrected chi connectivity index (χ2v) is 5.78. The second kappa shape index (κ2) is 7.74. The third-order valence-corrected chi connectivity index (χ3v) is 3.59. The molecule has 0 aliphatic heterocycles. The minimum absolute atomic E-state index is 0.262. The molecule has 0 radical (unpaired) electrons. The third-order valence-electron chi connectivity index (χ3n) is 3.59. The predicted octanol–water partition coefficient (Wildman–Crippen LogP) is 1.48. The Labute approximate surface area is 141 Å². The van der Waals surface area contributed by atoms with Gasteiger partial charge in [-0.2, -0.15) is 5.10 Å². The van der Waals surface area contributed by atoms with E-state index in [0.29, 0.717) is 30.0 Å². The minimum Gasteiger partial charge on any atom is -0.351 e. The number of para-hydroxylation sites is 1. The maximum absolute atomic E-state index is 12.5. The van der Waals surface area contributed by atoms with E-state index in [0.717, 1.165) is 5.69 Å². The number of aryl methyl sites for hydroxylation is 1. The van der Waals surface area contributed by atoms with Gasteiger partial charge >= 0.3 is 0 Å². The number of nitrogens with zero attached hydrogens (tertiary/aromatic N) is 2. The van der Waals surface area contributed by atoms with Crippen molar-refractivity contribution in [1.29, 1.82) is 0 Å². The molecule has 2 rings (SSSR count). The summed E-state index contributed by atoms with van der Waals surface area (Å²) < 4.78 is 1.69. The molecule has 0 bridgehead atoms. The summed E-state index contributed by atoms with van der Waals surface area (Å²) in [6.45, 7) is 4.80. The summed E-state index contributed by atoms with van der Waals surface area (Å²) >= 11 is 0. The largest absolute Gasteiger partial charge is 0.351 e. The number of aromatic nitrogens is 2. The molecule has 0 saturated carbocycles. The van der Waals surface area contributed by atoms with Crippen molar-refractivity contribution >= 4 is 17.5 Å². The van der Waals surface area contributed by atoms with Crippen LogP contribution in [0, 0.1) is 0 Å². The molecule has 4 N–H and O–H groups in total. The van der Waals surface area contributed by atoms with Crippen LogP contribution < -0.4 is 16.4 Å². The summed E-state index contributed by atoms with van der Waals surface area (Å²) in [7, 11) is 1.81. The molecule has 2 amide bonds. The van der Waals surface area contributed by atoms with Gasteiger partial charge in [0.05, 0.1) is 11.3 Å². The van der Waals surface area contributed by atoms with E-state index >= 15 is 0 Å². The monoisotopic (exact) mass is 329 g/mol. The molecule has 0 unspecified atom stereocenters. The van der Waals surface area contributed by atoms with Gasteiger partial charge in [-0.05, 0) is 24.1 Å². The highest BCUT2D eigenvalue weighted by Gasteiger charge is 2.17. The molecule has 0 fully saturated rings. The number of nitrogens with two attached hydrogens (primary N) is 1. The van der Waals surface area contributed by atoms with Crippen LogP contribution in [0.5, 0.6) is 0 Å². The summed E-state index contributed by atoms with van der Waals surface area (Å²) in [6.07, 6.45) is 0. The molecule has 128 valence electrons. The molecule has 2 aromatic rings. The molecule has 0 saturated heterocycles. The van der Waals surface area contributed by atoms with Crippen molar-refractivity contribution < 1.29 is 9.59 Å². The first-order chi connectivity index (χ1) is 11.4. The fourth-order valence-electron chi connectivity index (χ4n) is 2.39. The topological polar surface area (TPSA) is 102 Å². The van der Waals surface area contributed by atoms with Crippen molar-refractivity contribution in [3.05, 3.63) is 47.3 Å². The number of anilines is 1. The molecule has 0 aliphatic rings. The molecule has 24 heavy (non-hydrogen) atoms. The lowest BCUT2D eigenvalue weighted by molar-refractivity contribution is 0.0955. The smallest absolute Gasteiger partial charge is 0.276 e. The van der Waals surface area contributed by atoms with E-state index in [9.17, 15) is 9.59 Å². The zero-order valence-electron chi connectivity index (χ0n) is 14.2. The predicted molar refractivity (Wildman–Crippen MR) is 93.1 cm³/mol. The Morgan fingerprint density at radius 3 is 2.58 bits per heavy atom. The van der Waals surface area contributed by atoms with Gasteiger partial charge in [-0.25, -0.2) is 0 Å². The van der Waals surface area contributed by atoms with Crippen LogP contribution in [0.15, 0.2) is 30.3 Å². The Morgan fingerprint density at radius 2 is 1.96 bits per heavy atom. The molecule has 7 heteroatoms. The first-order valence-corrected chi connectivity index (χ1v) is 7.86. The molecule has 1 aromatic heterocycles. The maximum atomic E-state index is 12.5. The molecule has 1 aromatic carbocycles. The van der Waals surface area contributed by atoms with Gasteiger partial charge in [0.1, 0.15) is 0 Å². The summed E-state index contributed by atoms with van der Waals surface area (Å²) in [5, 5.41) is 9.69. The van der Waals surface area contributed by atoms with Crippen molar-refractivity contribution in [3.8, 4) is 0 Å². The molecule has 1 heterocycles. The van der Waals surface area contributed by atoms with Crippen LogP contribution in [0.25, 0.3) is 0 Å². The Morgan fingerprint density at radius 1 is 1.25 bits per heavy atom. The maximum Gasteiger partial charge on any atom is 0.276 e. The molecule has 0 aliphatic carbocycles. The van der Waals surface area contributed by atoms with Gasteiger partial charge in [0, 0.05) is 25.8 Å². The van der Waals surface area contributed by atoms with Gasteiger partial charge in [-0.3, -0.25) is 14.3 Å². The Bertz CT molecular complexity index is 736. The third kappa shape index (κ3) is 3.99. The summed E-state index contributed by atoms with van der Waals surface area (Å²) in [6, 6.07) is 8.59. The van der Waals surface area contributed by atoms with Gasteiger partial charge in [0.2, 0.25) is 0 Å². The normalized spacial score (nSPS) is 10.7. The number of carbonyl (C=O) groups is 2. The van der Waals surface area contributed by atoms with Crippen LogP contribution in [0.3, 0.4) is 0 Å². The molecular weight excluding hydrogens is 306 g/mol. The second-order valence-electron chi connectivity index (χ2n) is 5.78. The molecule has 0 spiro atoms. The highest BCUT2D eigenvalue weighted by molar-refractivity contribution is 6.08. The summed E-state index contributed by atoms with van der Waals surface area (Å²) in [5.74, 6) is -0.366. The van der Waals surface area contributed by atoms with Crippen LogP contribution >= 0.6 is 0 Å². The van der Waals surface area contributed by atoms with Gasteiger partial charge in [0.15, 0.2) is 5.69 Å². The minimum atomic E-state index is -0.350. The van der Waals surface area contributed by atoms with Crippen molar-refractivity contribution in [2.24, 2.45) is 12.8 Å². The van der Waals surface area contributed by atoms with Crippen molar-refractivity contribution in [3.63, 3.8) is 0 Å². The number of benzene rings is 1. The molecule has 7 nitrogen and oxygen atoms in total. The molecule has 0 atom stereocenters. The van der Waals surface area contributed by atoms with E-state index in [1.165, 1.54) is 0 Å². The van der Waals surface area contributed by atoms with E-state index in [2.05, 4.69) is 15.7 Å². The van der Waals surface area contributed by atoms with Gasteiger partial charge in [-0.15, -0.1) is 0 Å². The van der Waals surface area contributed by atoms with Crippen LogP contribution in [0.1, 0.15) is 46.3 Å². The number of hydrogen-bond acceptors (Lipinski definition) is 4.